The third kappa shape index (κ3) is 5.13. The highest BCUT2D eigenvalue weighted by atomic mass is 16.7. The Morgan fingerprint density at radius 2 is 1.36 bits per heavy atom. The van der Waals surface area contributed by atoms with Crippen molar-refractivity contribution in [1.29, 1.82) is 0 Å². The van der Waals surface area contributed by atoms with Gasteiger partial charge in [0.05, 0.1) is 6.04 Å². The van der Waals surface area contributed by atoms with Crippen LogP contribution in [0.3, 0.4) is 0 Å². The first-order valence-corrected chi connectivity index (χ1v) is 6.83. The average molecular weight is 323 g/mol. The second-order valence-electron chi connectivity index (χ2n) is 4.83. The summed E-state index contributed by atoms with van der Waals surface area (Å²) in [6.45, 7) is 1.30. The van der Waals surface area contributed by atoms with Gasteiger partial charge < -0.3 is 38.8 Å². The van der Waals surface area contributed by atoms with E-state index >= 15 is 0 Å². The molecule has 2 N–H and O–H groups in total. The monoisotopic (exact) mass is 323 g/mol. The number of rotatable bonds is 10. The fourth-order valence-corrected chi connectivity index (χ4v) is 2.41. The number of hydrogen-bond donors (Lipinski definition) is 2. The van der Waals surface area contributed by atoms with Crippen LogP contribution >= 0.6 is 0 Å². The summed E-state index contributed by atoms with van der Waals surface area (Å²) in [5.74, 6) is -0.298. The molecular weight excluding hydrogens is 298 g/mol. The molecule has 9 heteroatoms. The molecular formula is C13H25NO8. The first-order chi connectivity index (χ1) is 10.6. The van der Waals surface area contributed by atoms with Gasteiger partial charge in [-0.2, -0.15) is 0 Å². The summed E-state index contributed by atoms with van der Waals surface area (Å²) in [6, 6.07) is -0.698. The standard InChI is InChI=1S/C13H25NO8/c1-8(15)14-9-10(16)12(21-6-18-3)13(22-7-19-4)11(9)20-5-17-2/h9-13,16H,5-7H2,1-4H3,(H,14,15)/t9-,10+,11+,12-,13-/m1/s1. The first kappa shape index (κ1) is 19.2. The van der Waals surface area contributed by atoms with Crippen molar-refractivity contribution < 1.29 is 38.3 Å². The molecule has 0 aromatic carbocycles. The smallest absolute Gasteiger partial charge is 0.217 e. The van der Waals surface area contributed by atoms with E-state index in [1.54, 1.807) is 0 Å². The zero-order chi connectivity index (χ0) is 16.5. The molecule has 0 spiro atoms. The molecule has 0 bridgehead atoms. The maximum atomic E-state index is 11.4. The van der Waals surface area contributed by atoms with E-state index in [1.165, 1.54) is 28.3 Å². The van der Waals surface area contributed by atoms with E-state index in [9.17, 15) is 9.90 Å². The fraction of sp³-hybridized carbons (Fsp3) is 0.923. The molecule has 22 heavy (non-hydrogen) atoms. The van der Waals surface area contributed by atoms with Crippen molar-refractivity contribution >= 4 is 5.91 Å². The summed E-state index contributed by atoms with van der Waals surface area (Å²) >= 11 is 0. The predicted molar refractivity (Wildman–Crippen MR) is 73.9 cm³/mol. The fourth-order valence-electron chi connectivity index (χ4n) is 2.41. The highest BCUT2D eigenvalue weighted by molar-refractivity contribution is 5.73. The topological polar surface area (TPSA) is 105 Å². The van der Waals surface area contributed by atoms with Crippen molar-refractivity contribution in [3.63, 3.8) is 0 Å². The molecule has 130 valence electrons. The molecule has 0 aliphatic heterocycles. The molecule has 0 aromatic rings. The zero-order valence-corrected chi connectivity index (χ0v) is 13.3. The molecule has 1 fully saturated rings. The Bertz CT molecular complexity index is 329. The predicted octanol–water partition coefficient (Wildman–Crippen LogP) is -1.17. The van der Waals surface area contributed by atoms with Crippen LogP contribution in [0.5, 0.6) is 0 Å². The van der Waals surface area contributed by atoms with Crippen LogP contribution in [0.2, 0.25) is 0 Å². The molecule has 5 atom stereocenters. The first-order valence-electron chi connectivity index (χ1n) is 6.83. The number of methoxy groups -OCH3 is 3. The van der Waals surface area contributed by atoms with Gasteiger partial charge in [-0.05, 0) is 0 Å². The average Bonchev–Trinajstić information content (AvgIpc) is 2.72. The number of amides is 1. The molecule has 1 saturated carbocycles. The quantitative estimate of drug-likeness (QED) is 0.485. The number of aliphatic hydroxyl groups is 1. The van der Waals surface area contributed by atoms with Crippen LogP contribution in [-0.2, 0) is 33.2 Å². The van der Waals surface area contributed by atoms with Crippen LogP contribution in [0.15, 0.2) is 0 Å². The lowest BCUT2D eigenvalue weighted by Crippen LogP contribution is -2.48. The van der Waals surface area contributed by atoms with Gasteiger partial charge in [-0.25, -0.2) is 0 Å². The Labute approximate surface area is 129 Å². The SMILES string of the molecule is COCO[C@H]1[C@H](OCOC)[C@@H](O)[C@@H](NC(C)=O)[C@@H]1OCOC. The summed E-state index contributed by atoms with van der Waals surface area (Å²) in [7, 11) is 4.42. The lowest BCUT2D eigenvalue weighted by atomic mass is 10.2. The number of aliphatic hydroxyl groups excluding tert-OH is 1. The van der Waals surface area contributed by atoms with E-state index in [1.807, 2.05) is 0 Å². The third-order valence-corrected chi connectivity index (χ3v) is 3.21. The Hall–Kier alpha value is -0.810. The van der Waals surface area contributed by atoms with Crippen molar-refractivity contribution in [1.82, 2.24) is 5.32 Å². The van der Waals surface area contributed by atoms with Gasteiger partial charge in [-0.15, -0.1) is 0 Å². The van der Waals surface area contributed by atoms with Crippen LogP contribution in [0.4, 0.5) is 0 Å². The van der Waals surface area contributed by atoms with Crippen molar-refractivity contribution in [2.24, 2.45) is 0 Å². The normalized spacial score (nSPS) is 31.4. The van der Waals surface area contributed by atoms with Crippen LogP contribution < -0.4 is 5.32 Å². The molecule has 0 radical (unpaired) electrons. The molecule has 0 heterocycles. The molecule has 1 aliphatic rings. The Balaban J connectivity index is 2.90. The lowest BCUT2D eigenvalue weighted by molar-refractivity contribution is -0.193. The number of carbonyl (C=O) groups excluding carboxylic acids is 1. The minimum atomic E-state index is -1.03. The summed E-state index contributed by atoms with van der Waals surface area (Å²) in [6.07, 6.45) is -3.08. The van der Waals surface area contributed by atoms with E-state index in [0.29, 0.717) is 0 Å². The summed E-state index contributed by atoms with van der Waals surface area (Å²) in [5, 5.41) is 13.1. The Kier molecular flexibility index (Phi) is 8.79. The van der Waals surface area contributed by atoms with E-state index in [0.717, 1.165) is 0 Å². The molecule has 0 aromatic heterocycles. The van der Waals surface area contributed by atoms with Gasteiger partial charge in [0.25, 0.3) is 0 Å². The van der Waals surface area contributed by atoms with Gasteiger partial charge in [-0.3, -0.25) is 4.79 Å². The second kappa shape index (κ2) is 10.1. The number of ether oxygens (including phenoxy) is 6. The molecule has 1 rings (SSSR count). The van der Waals surface area contributed by atoms with Gasteiger partial charge in [0.15, 0.2) is 0 Å². The van der Waals surface area contributed by atoms with E-state index in [-0.39, 0.29) is 26.3 Å². The number of hydrogen-bond acceptors (Lipinski definition) is 8. The van der Waals surface area contributed by atoms with Crippen LogP contribution in [0.1, 0.15) is 6.92 Å². The number of carbonyl (C=O) groups is 1. The van der Waals surface area contributed by atoms with Gasteiger partial charge in [0, 0.05) is 28.3 Å². The Morgan fingerprint density at radius 1 is 0.909 bits per heavy atom. The van der Waals surface area contributed by atoms with Crippen molar-refractivity contribution in [2.75, 3.05) is 41.7 Å². The van der Waals surface area contributed by atoms with Crippen molar-refractivity contribution in [2.45, 2.75) is 37.4 Å². The minimum absolute atomic E-state index is 0.0101. The minimum Gasteiger partial charge on any atom is -0.388 e. The maximum Gasteiger partial charge on any atom is 0.217 e. The van der Waals surface area contributed by atoms with Crippen LogP contribution in [-0.4, -0.2) is 83.2 Å². The van der Waals surface area contributed by atoms with Gasteiger partial charge in [0.1, 0.15) is 44.8 Å². The van der Waals surface area contributed by atoms with E-state index < -0.39 is 30.5 Å². The molecule has 0 unspecified atom stereocenters. The van der Waals surface area contributed by atoms with E-state index in [4.69, 9.17) is 28.4 Å². The molecule has 0 saturated heterocycles. The van der Waals surface area contributed by atoms with Crippen LogP contribution in [0.25, 0.3) is 0 Å². The molecule has 1 amide bonds. The third-order valence-electron chi connectivity index (χ3n) is 3.21. The van der Waals surface area contributed by atoms with E-state index in [2.05, 4.69) is 5.32 Å². The molecule has 9 nitrogen and oxygen atoms in total. The summed E-state index contributed by atoms with van der Waals surface area (Å²) < 4.78 is 31.2. The zero-order valence-electron chi connectivity index (χ0n) is 13.3. The lowest BCUT2D eigenvalue weighted by Gasteiger charge is -2.26. The van der Waals surface area contributed by atoms with Crippen LogP contribution in [0, 0.1) is 0 Å². The van der Waals surface area contributed by atoms with Gasteiger partial charge in [-0.1, -0.05) is 0 Å². The molecule has 1 aliphatic carbocycles. The van der Waals surface area contributed by atoms with Gasteiger partial charge >= 0.3 is 0 Å². The second-order valence-corrected chi connectivity index (χ2v) is 4.83. The maximum absolute atomic E-state index is 11.4. The van der Waals surface area contributed by atoms with Gasteiger partial charge in [0.2, 0.25) is 5.91 Å². The van der Waals surface area contributed by atoms with Crippen molar-refractivity contribution in [3.8, 4) is 0 Å². The number of nitrogens with one attached hydrogen (secondary N) is 1. The largest absolute Gasteiger partial charge is 0.388 e. The van der Waals surface area contributed by atoms with Crippen molar-refractivity contribution in [3.05, 3.63) is 0 Å². The summed E-state index contributed by atoms with van der Waals surface area (Å²) in [5.41, 5.74) is 0. The Morgan fingerprint density at radius 3 is 1.82 bits per heavy atom. The summed E-state index contributed by atoms with van der Waals surface area (Å²) in [4.78, 5) is 11.4. The highest BCUT2D eigenvalue weighted by Gasteiger charge is 2.53. The highest BCUT2D eigenvalue weighted by Crippen LogP contribution is 2.29.